The van der Waals surface area contributed by atoms with Crippen LogP contribution in [0.5, 0.6) is 0 Å². The molecule has 10 heteroatoms. The van der Waals surface area contributed by atoms with E-state index in [1.165, 1.54) is 11.3 Å². The van der Waals surface area contributed by atoms with Crippen molar-refractivity contribution >= 4 is 29.2 Å². The van der Waals surface area contributed by atoms with Crippen molar-refractivity contribution in [1.82, 2.24) is 24.7 Å². The Balaban J connectivity index is 1.63. The summed E-state index contributed by atoms with van der Waals surface area (Å²) in [5.41, 5.74) is 12.8. The number of para-hydroxylation sites is 1. The van der Waals surface area contributed by atoms with Crippen molar-refractivity contribution in [3.63, 3.8) is 0 Å². The maximum Gasteiger partial charge on any atom is 0.342 e. The summed E-state index contributed by atoms with van der Waals surface area (Å²) in [4.78, 5) is 25.1. The summed E-state index contributed by atoms with van der Waals surface area (Å²) in [6.45, 7) is -0.184. The van der Waals surface area contributed by atoms with E-state index < -0.39 is 5.97 Å². The van der Waals surface area contributed by atoms with Gasteiger partial charge in [0.05, 0.1) is 10.6 Å². The third kappa shape index (κ3) is 3.67. The molecule has 9 nitrogen and oxygen atoms in total. The number of carbonyl (C=O) groups is 1. The van der Waals surface area contributed by atoms with E-state index in [4.69, 9.17) is 16.2 Å². The molecular formula is C18H15N7O2S. The van der Waals surface area contributed by atoms with Crippen LogP contribution in [0.2, 0.25) is 0 Å². The molecule has 0 aliphatic heterocycles. The standard InChI is InChI=1S/C18H15N7O2S/c19-17-21-14(22-18(20)23-17)10-27-16(26)12-9-25(11-5-2-1-3-6-11)24-15(12)13-7-4-8-28-13/h1-9H,10H2,(H4,19,20,21,22,23). The fraction of sp³-hybridized carbons (Fsp3) is 0.0556. The molecule has 0 atom stereocenters. The molecule has 3 heterocycles. The third-order valence-electron chi connectivity index (χ3n) is 3.76. The zero-order valence-corrected chi connectivity index (χ0v) is 15.3. The van der Waals surface area contributed by atoms with Crippen molar-refractivity contribution in [3.05, 3.63) is 65.4 Å². The maximum atomic E-state index is 12.7. The van der Waals surface area contributed by atoms with Crippen molar-refractivity contribution in [2.24, 2.45) is 0 Å². The first-order chi connectivity index (χ1) is 13.6. The smallest absolute Gasteiger partial charge is 0.342 e. The Bertz CT molecular complexity index is 1090. The molecule has 4 N–H and O–H groups in total. The Kier molecular flexibility index (Phi) is 4.68. The minimum atomic E-state index is -0.553. The van der Waals surface area contributed by atoms with Gasteiger partial charge < -0.3 is 16.2 Å². The van der Waals surface area contributed by atoms with Gasteiger partial charge in [-0.1, -0.05) is 24.3 Å². The number of carbonyl (C=O) groups excluding carboxylic acids is 1. The van der Waals surface area contributed by atoms with Crippen LogP contribution in [0, 0.1) is 0 Å². The molecule has 0 fully saturated rings. The van der Waals surface area contributed by atoms with Crippen LogP contribution < -0.4 is 11.5 Å². The molecule has 140 valence electrons. The summed E-state index contributed by atoms with van der Waals surface area (Å²) < 4.78 is 7.00. The normalized spacial score (nSPS) is 10.7. The number of anilines is 2. The first-order valence-corrected chi connectivity index (χ1v) is 9.10. The third-order valence-corrected chi connectivity index (χ3v) is 4.63. The molecule has 4 rings (SSSR count). The molecule has 0 unspecified atom stereocenters. The SMILES string of the molecule is Nc1nc(N)nc(COC(=O)c2cn(-c3ccccc3)nc2-c2cccs2)n1. The summed E-state index contributed by atoms with van der Waals surface area (Å²) in [5.74, 6) is -0.445. The topological polar surface area (TPSA) is 135 Å². The average Bonchev–Trinajstić information content (AvgIpc) is 3.35. The van der Waals surface area contributed by atoms with Crippen molar-refractivity contribution in [3.8, 4) is 16.3 Å². The largest absolute Gasteiger partial charge is 0.454 e. The Labute approximate surface area is 163 Å². The highest BCUT2D eigenvalue weighted by atomic mass is 32.1. The van der Waals surface area contributed by atoms with E-state index in [2.05, 4.69) is 20.1 Å². The van der Waals surface area contributed by atoms with E-state index in [1.54, 1.807) is 10.9 Å². The van der Waals surface area contributed by atoms with Gasteiger partial charge in [0.2, 0.25) is 11.9 Å². The zero-order valence-electron chi connectivity index (χ0n) is 14.5. The number of hydrogen-bond acceptors (Lipinski definition) is 9. The zero-order chi connectivity index (χ0) is 19.5. The molecule has 0 aliphatic rings. The van der Waals surface area contributed by atoms with Gasteiger partial charge in [0.25, 0.3) is 0 Å². The summed E-state index contributed by atoms with van der Waals surface area (Å²) in [5, 5.41) is 6.49. The number of nitrogen functional groups attached to an aromatic ring is 2. The van der Waals surface area contributed by atoms with Gasteiger partial charge >= 0.3 is 5.97 Å². The van der Waals surface area contributed by atoms with Gasteiger partial charge in [-0.05, 0) is 23.6 Å². The van der Waals surface area contributed by atoms with Crippen LogP contribution in [0.4, 0.5) is 11.9 Å². The molecule has 4 aromatic rings. The minimum Gasteiger partial charge on any atom is -0.454 e. The quantitative estimate of drug-likeness (QED) is 0.493. The van der Waals surface area contributed by atoms with Gasteiger partial charge in [0.1, 0.15) is 11.3 Å². The highest BCUT2D eigenvalue weighted by Gasteiger charge is 2.21. The van der Waals surface area contributed by atoms with Gasteiger partial charge in [-0.25, -0.2) is 9.48 Å². The second kappa shape index (κ2) is 7.45. The van der Waals surface area contributed by atoms with Gasteiger partial charge in [-0.3, -0.25) is 0 Å². The van der Waals surface area contributed by atoms with Crippen molar-refractivity contribution in [1.29, 1.82) is 0 Å². The number of ether oxygens (including phenoxy) is 1. The number of nitrogens with zero attached hydrogens (tertiary/aromatic N) is 5. The van der Waals surface area contributed by atoms with Gasteiger partial charge in [0, 0.05) is 6.20 Å². The summed E-state index contributed by atoms with van der Waals surface area (Å²) in [6.07, 6.45) is 1.64. The lowest BCUT2D eigenvalue weighted by atomic mass is 10.2. The first-order valence-electron chi connectivity index (χ1n) is 8.22. The average molecular weight is 393 g/mol. The lowest BCUT2D eigenvalue weighted by Crippen LogP contribution is -2.11. The molecular weight excluding hydrogens is 378 g/mol. The Morgan fingerprint density at radius 1 is 1.04 bits per heavy atom. The molecule has 0 bridgehead atoms. The van der Waals surface area contributed by atoms with E-state index in [0.29, 0.717) is 11.3 Å². The van der Waals surface area contributed by atoms with Crippen LogP contribution in [0.3, 0.4) is 0 Å². The highest BCUT2D eigenvalue weighted by molar-refractivity contribution is 7.13. The van der Waals surface area contributed by atoms with Crippen LogP contribution in [-0.4, -0.2) is 30.7 Å². The fourth-order valence-electron chi connectivity index (χ4n) is 2.56. The number of esters is 1. The van der Waals surface area contributed by atoms with Crippen LogP contribution in [0.15, 0.2) is 54.0 Å². The van der Waals surface area contributed by atoms with E-state index in [0.717, 1.165) is 10.6 Å². The van der Waals surface area contributed by atoms with Crippen molar-refractivity contribution < 1.29 is 9.53 Å². The Morgan fingerprint density at radius 3 is 2.46 bits per heavy atom. The first kappa shape index (κ1) is 17.6. The number of aromatic nitrogens is 5. The monoisotopic (exact) mass is 393 g/mol. The molecule has 0 radical (unpaired) electrons. The Morgan fingerprint density at radius 2 is 1.79 bits per heavy atom. The van der Waals surface area contributed by atoms with Gasteiger partial charge in [0.15, 0.2) is 12.4 Å². The summed E-state index contributed by atoms with van der Waals surface area (Å²) in [7, 11) is 0. The van der Waals surface area contributed by atoms with E-state index in [-0.39, 0.29) is 24.3 Å². The number of thiophene rings is 1. The van der Waals surface area contributed by atoms with Crippen LogP contribution in [0.1, 0.15) is 16.2 Å². The van der Waals surface area contributed by atoms with Crippen LogP contribution in [0.25, 0.3) is 16.3 Å². The summed E-state index contributed by atoms with van der Waals surface area (Å²) >= 11 is 1.48. The van der Waals surface area contributed by atoms with Gasteiger partial charge in [-0.15, -0.1) is 11.3 Å². The van der Waals surface area contributed by atoms with Crippen LogP contribution >= 0.6 is 11.3 Å². The second-order valence-corrected chi connectivity index (χ2v) is 6.64. The lowest BCUT2D eigenvalue weighted by molar-refractivity contribution is 0.0463. The second-order valence-electron chi connectivity index (χ2n) is 5.69. The summed E-state index contributed by atoms with van der Waals surface area (Å²) in [6, 6.07) is 13.3. The van der Waals surface area contributed by atoms with Crippen molar-refractivity contribution in [2.45, 2.75) is 6.61 Å². The lowest BCUT2D eigenvalue weighted by Gasteiger charge is -2.04. The maximum absolute atomic E-state index is 12.7. The predicted octanol–water partition coefficient (Wildman–Crippen LogP) is 2.31. The molecule has 0 spiro atoms. The Hall–Kier alpha value is -3.79. The molecule has 0 saturated heterocycles. The molecule has 28 heavy (non-hydrogen) atoms. The molecule has 3 aromatic heterocycles. The molecule has 0 aliphatic carbocycles. The van der Waals surface area contributed by atoms with E-state index >= 15 is 0 Å². The number of nitrogens with two attached hydrogens (primary N) is 2. The number of benzene rings is 1. The van der Waals surface area contributed by atoms with Crippen molar-refractivity contribution in [2.75, 3.05) is 11.5 Å². The van der Waals surface area contributed by atoms with Gasteiger partial charge in [-0.2, -0.15) is 20.1 Å². The minimum absolute atomic E-state index is 0.0327. The van der Waals surface area contributed by atoms with E-state index in [9.17, 15) is 4.79 Å². The van der Waals surface area contributed by atoms with E-state index in [1.807, 2.05) is 47.8 Å². The fourth-order valence-corrected chi connectivity index (χ4v) is 3.28. The van der Waals surface area contributed by atoms with Crippen LogP contribution in [-0.2, 0) is 11.3 Å². The predicted molar refractivity (Wildman–Crippen MR) is 105 cm³/mol. The highest BCUT2D eigenvalue weighted by Crippen LogP contribution is 2.28. The number of rotatable bonds is 5. The molecule has 1 aromatic carbocycles. The molecule has 0 saturated carbocycles. The number of hydrogen-bond donors (Lipinski definition) is 2. The molecule has 0 amide bonds.